The number of hydrogen-bond acceptors (Lipinski definition) is 6. The third kappa shape index (κ3) is 5.06. The van der Waals surface area contributed by atoms with Gasteiger partial charge in [0, 0.05) is 50.5 Å². The Bertz CT molecular complexity index is 1070. The fourth-order valence-electron chi connectivity index (χ4n) is 4.68. The van der Waals surface area contributed by atoms with Gasteiger partial charge in [-0.15, -0.1) is 11.3 Å². The van der Waals surface area contributed by atoms with Gasteiger partial charge in [0.1, 0.15) is 20.9 Å². The molecule has 2 amide bonds. The number of Topliss-reactive ketones (excluding diaryl/α,β-unsaturated/α-hetero) is 1. The zero-order valence-electron chi connectivity index (χ0n) is 18.9. The second kappa shape index (κ2) is 9.81. The number of aromatic nitrogens is 1. The third-order valence-electron chi connectivity index (χ3n) is 6.48. The quantitative estimate of drug-likeness (QED) is 0.523. The summed E-state index contributed by atoms with van der Waals surface area (Å²) in [5, 5.41) is 0.686. The highest BCUT2D eigenvalue weighted by Crippen LogP contribution is 2.48. The second-order valence-corrected chi connectivity index (χ2v) is 10.5. The molecule has 0 N–H and O–H groups in total. The van der Waals surface area contributed by atoms with Crippen molar-refractivity contribution in [1.29, 1.82) is 0 Å². The van der Waals surface area contributed by atoms with Crippen LogP contribution in [0.3, 0.4) is 0 Å². The van der Waals surface area contributed by atoms with Crippen molar-refractivity contribution in [2.45, 2.75) is 51.4 Å². The van der Waals surface area contributed by atoms with Gasteiger partial charge in [-0.05, 0) is 36.6 Å². The molecule has 1 fully saturated rings. The number of halogens is 1. The van der Waals surface area contributed by atoms with Crippen LogP contribution in [0.1, 0.15) is 50.1 Å². The summed E-state index contributed by atoms with van der Waals surface area (Å²) in [7, 11) is 0. The van der Waals surface area contributed by atoms with Gasteiger partial charge in [-0.1, -0.05) is 18.5 Å². The van der Waals surface area contributed by atoms with Crippen molar-refractivity contribution >= 4 is 46.2 Å². The molecule has 1 aromatic carbocycles. The molecule has 0 saturated carbocycles. The van der Waals surface area contributed by atoms with Crippen molar-refractivity contribution in [1.82, 2.24) is 9.88 Å². The molecule has 33 heavy (non-hydrogen) atoms. The summed E-state index contributed by atoms with van der Waals surface area (Å²) in [6.45, 7) is 5.69. The van der Waals surface area contributed by atoms with Crippen molar-refractivity contribution in [3.05, 3.63) is 39.3 Å². The van der Waals surface area contributed by atoms with E-state index in [0.29, 0.717) is 54.8 Å². The van der Waals surface area contributed by atoms with Gasteiger partial charge >= 0.3 is 0 Å². The molecule has 4 rings (SSSR count). The first kappa shape index (κ1) is 23.7. The van der Waals surface area contributed by atoms with Crippen LogP contribution in [0.2, 0.25) is 4.34 Å². The Morgan fingerprint density at radius 1 is 1.27 bits per heavy atom. The number of likely N-dealkylation sites (tertiary alicyclic amines) is 1. The van der Waals surface area contributed by atoms with E-state index in [9.17, 15) is 14.4 Å². The largest absolute Gasteiger partial charge is 0.494 e. The molecule has 0 bridgehead atoms. The number of thiazole rings is 1. The van der Waals surface area contributed by atoms with Crippen molar-refractivity contribution in [2.75, 3.05) is 31.1 Å². The monoisotopic (exact) mass is 489 g/mol. The van der Waals surface area contributed by atoms with Crippen LogP contribution in [-0.4, -0.2) is 53.7 Å². The highest BCUT2D eigenvalue weighted by Gasteiger charge is 2.49. The summed E-state index contributed by atoms with van der Waals surface area (Å²) >= 11 is 7.30. The van der Waals surface area contributed by atoms with Gasteiger partial charge in [0.05, 0.1) is 19.2 Å². The number of fused-ring (bicyclic) bond motifs is 2. The predicted molar refractivity (Wildman–Crippen MR) is 128 cm³/mol. The van der Waals surface area contributed by atoms with Gasteiger partial charge < -0.3 is 14.5 Å². The molecule has 1 spiro atoms. The Morgan fingerprint density at radius 3 is 2.76 bits per heavy atom. The second-order valence-electron chi connectivity index (χ2n) is 8.71. The molecule has 1 atom stereocenters. The molecule has 1 saturated heterocycles. The number of carbonyl (C=O) groups excluding carboxylic acids is 3. The Morgan fingerprint density at radius 2 is 2.09 bits per heavy atom. The number of carbonyl (C=O) groups is 3. The summed E-state index contributed by atoms with van der Waals surface area (Å²) in [6, 6.07) is 5.81. The maximum Gasteiger partial charge on any atom is 0.233 e. The zero-order chi connectivity index (χ0) is 23.6. The van der Waals surface area contributed by atoms with Crippen LogP contribution in [-0.2, 0) is 26.2 Å². The molecule has 3 heterocycles. The Kier molecular flexibility index (Phi) is 7.05. The molecule has 1 aromatic heterocycles. The van der Waals surface area contributed by atoms with Crippen LogP contribution in [0.25, 0.3) is 0 Å². The van der Waals surface area contributed by atoms with Gasteiger partial charge in [0.2, 0.25) is 11.8 Å². The number of nitrogens with zero attached hydrogens (tertiary/aromatic N) is 3. The molecule has 2 aliphatic heterocycles. The lowest BCUT2D eigenvalue weighted by atomic mass is 9.81. The number of benzene rings is 1. The van der Waals surface area contributed by atoms with Gasteiger partial charge in [-0.2, -0.15) is 0 Å². The topological polar surface area (TPSA) is 79.8 Å². The van der Waals surface area contributed by atoms with Crippen molar-refractivity contribution in [2.24, 2.45) is 0 Å². The number of ketones is 1. The summed E-state index contributed by atoms with van der Waals surface area (Å²) in [6.07, 6.45) is 4.28. The molecule has 1 unspecified atom stereocenters. The van der Waals surface area contributed by atoms with Crippen LogP contribution < -0.4 is 9.64 Å². The lowest BCUT2D eigenvalue weighted by Gasteiger charge is -2.25. The molecule has 176 valence electrons. The van der Waals surface area contributed by atoms with Crippen molar-refractivity contribution in [3.63, 3.8) is 0 Å². The summed E-state index contributed by atoms with van der Waals surface area (Å²) in [5.74, 6) is 0.965. The van der Waals surface area contributed by atoms with Gasteiger partial charge in [0.25, 0.3) is 0 Å². The Hall–Kier alpha value is -2.45. The average molecular weight is 490 g/mol. The van der Waals surface area contributed by atoms with Crippen molar-refractivity contribution < 1.29 is 19.1 Å². The van der Waals surface area contributed by atoms with E-state index < -0.39 is 0 Å². The molecular formula is C24H28ClN3O4S. The lowest BCUT2D eigenvalue weighted by molar-refractivity contribution is -0.128. The minimum atomic E-state index is -0.311. The van der Waals surface area contributed by atoms with E-state index in [1.165, 1.54) is 11.3 Å². The van der Waals surface area contributed by atoms with Crippen LogP contribution in [0.15, 0.2) is 24.4 Å². The van der Waals surface area contributed by atoms with Crippen LogP contribution in [0.5, 0.6) is 5.75 Å². The summed E-state index contributed by atoms with van der Waals surface area (Å²) in [5.41, 5.74) is 1.59. The highest BCUT2D eigenvalue weighted by atomic mass is 35.5. The van der Waals surface area contributed by atoms with E-state index in [1.807, 2.05) is 34.9 Å². The van der Waals surface area contributed by atoms with E-state index in [1.54, 1.807) is 13.1 Å². The zero-order valence-corrected chi connectivity index (χ0v) is 20.5. The summed E-state index contributed by atoms with van der Waals surface area (Å²) in [4.78, 5) is 44.7. The van der Waals surface area contributed by atoms with E-state index in [2.05, 4.69) is 4.98 Å². The Labute approximate surface area is 202 Å². The fourth-order valence-corrected chi connectivity index (χ4v) is 5.63. The first-order valence-electron chi connectivity index (χ1n) is 11.3. The third-order valence-corrected chi connectivity index (χ3v) is 7.60. The molecule has 2 aliphatic rings. The first-order chi connectivity index (χ1) is 15.8. The maximum absolute atomic E-state index is 13.2. The molecule has 9 heteroatoms. The number of anilines is 1. The first-order valence-corrected chi connectivity index (χ1v) is 12.5. The number of hydrogen-bond donors (Lipinski definition) is 0. The number of rotatable bonds is 8. The average Bonchev–Trinajstić information content (AvgIpc) is 3.49. The van der Waals surface area contributed by atoms with E-state index in [4.69, 9.17) is 16.3 Å². The number of ether oxygens (including phenoxy) is 1. The smallest absolute Gasteiger partial charge is 0.233 e. The SMILES string of the molecule is CCC(=O)CCCOc1ccc2c(c1)C1(CCN(C(C)=O)C1)CN2C(=O)Cc1ncc(Cl)s1. The molecule has 7 nitrogen and oxygen atoms in total. The standard InChI is InChI=1S/C24H28ClN3O4S/c1-3-17(30)5-4-10-32-18-6-7-20-19(11-18)24(8-9-27(14-24)16(2)29)15-28(20)23(31)12-22-26-13-21(25)33-22/h6-7,11,13H,3-5,8-10,12,14-15H2,1-2H3. The van der Waals surface area contributed by atoms with Crippen molar-refractivity contribution in [3.8, 4) is 5.75 Å². The normalized spacial score (nSPS) is 19.2. The highest BCUT2D eigenvalue weighted by molar-refractivity contribution is 7.15. The summed E-state index contributed by atoms with van der Waals surface area (Å²) < 4.78 is 6.50. The molecular weight excluding hydrogens is 462 g/mol. The van der Waals surface area contributed by atoms with E-state index >= 15 is 0 Å². The Balaban J connectivity index is 1.56. The van der Waals surface area contributed by atoms with E-state index in [0.717, 1.165) is 23.4 Å². The van der Waals surface area contributed by atoms with Crippen LogP contribution in [0, 0.1) is 0 Å². The fraction of sp³-hybridized carbons (Fsp3) is 0.500. The van der Waals surface area contributed by atoms with Gasteiger partial charge in [-0.3, -0.25) is 14.4 Å². The van der Waals surface area contributed by atoms with Crippen LogP contribution in [0.4, 0.5) is 5.69 Å². The molecule has 0 radical (unpaired) electrons. The lowest BCUT2D eigenvalue weighted by Crippen LogP contribution is -2.40. The minimum absolute atomic E-state index is 0.0350. The maximum atomic E-state index is 13.2. The van der Waals surface area contributed by atoms with Gasteiger partial charge in [0.15, 0.2) is 0 Å². The van der Waals surface area contributed by atoms with E-state index in [-0.39, 0.29) is 29.4 Å². The molecule has 0 aliphatic carbocycles. The van der Waals surface area contributed by atoms with Gasteiger partial charge in [-0.25, -0.2) is 4.98 Å². The van der Waals surface area contributed by atoms with Crippen LogP contribution >= 0.6 is 22.9 Å². The number of amides is 2. The molecule has 2 aromatic rings. The predicted octanol–water partition coefficient (Wildman–Crippen LogP) is 4.01. The minimum Gasteiger partial charge on any atom is -0.494 e.